The Kier molecular flexibility index (Phi) is 6.17. The summed E-state index contributed by atoms with van der Waals surface area (Å²) in [5.41, 5.74) is 2.16. The van der Waals surface area contributed by atoms with Gasteiger partial charge >= 0.3 is 0 Å². The Balaban J connectivity index is 1.99. The highest BCUT2D eigenvalue weighted by Crippen LogP contribution is 2.29. The van der Waals surface area contributed by atoms with Crippen LogP contribution < -0.4 is 20.1 Å². The molecule has 0 spiro atoms. The van der Waals surface area contributed by atoms with E-state index in [0.29, 0.717) is 22.9 Å². The molecule has 6 heteroatoms. The lowest BCUT2D eigenvalue weighted by Crippen LogP contribution is -2.08. The van der Waals surface area contributed by atoms with Gasteiger partial charge in [-0.1, -0.05) is 12.1 Å². The predicted octanol–water partition coefficient (Wildman–Crippen LogP) is 3.31. The van der Waals surface area contributed by atoms with Crippen molar-refractivity contribution in [3.8, 4) is 11.5 Å². The van der Waals surface area contributed by atoms with Crippen LogP contribution in [0.2, 0.25) is 0 Å². The van der Waals surface area contributed by atoms with E-state index in [2.05, 4.69) is 10.6 Å². The van der Waals surface area contributed by atoms with Gasteiger partial charge in [-0.2, -0.15) is 0 Å². The quantitative estimate of drug-likeness (QED) is 0.791. The lowest BCUT2D eigenvalue weighted by Gasteiger charge is -2.09. The molecule has 0 unspecified atom stereocenters. The monoisotopic (exact) mass is 340 g/mol. The predicted molar refractivity (Wildman–Crippen MR) is 98.0 cm³/mol. The summed E-state index contributed by atoms with van der Waals surface area (Å²) in [5, 5.41) is 5.44. The van der Waals surface area contributed by atoms with Crippen molar-refractivity contribution in [2.45, 2.75) is 6.92 Å². The summed E-state index contributed by atoms with van der Waals surface area (Å²) in [6.07, 6.45) is 3.12. The number of hydrogen-bond donors (Lipinski definition) is 2. The molecule has 0 atom stereocenters. The van der Waals surface area contributed by atoms with Crippen LogP contribution in [0.25, 0.3) is 6.08 Å². The molecule has 2 rings (SSSR count). The van der Waals surface area contributed by atoms with E-state index < -0.39 is 0 Å². The molecule has 0 aromatic heterocycles. The Bertz CT molecular complexity index is 783. The molecule has 0 bridgehead atoms. The lowest BCUT2D eigenvalue weighted by atomic mass is 10.2. The van der Waals surface area contributed by atoms with Crippen molar-refractivity contribution in [1.82, 2.24) is 0 Å². The highest BCUT2D eigenvalue weighted by atomic mass is 16.5. The van der Waals surface area contributed by atoms with Crippen molar-refractivity contribution in [2.75, 3.05) is 24.9 Å². The molecule has 0 aliphatic heterocycles. The van der Waals surface area contributed by atoms with Crippen molar-refractivity contribution in [1.29, 1.82) is 0 Å². The first-order valence-corrected chi connectivity index (χ1v) is 7.60. The molecule has 0 fully saturated rings. The van der Waals surface area contributed by atoms with E-state index in [0.717, 1.165) is 5.56 Å². The third kappa shape index (κ3) is 5.39. The van der Waals surface area contributed by atoms with Crippen molar-refractivity contribution >= 4 is 29.3 Å². The molecule has 2 aromatic carbocycles. The molecule has 2 aromatic rings. The summed E-state index contributed by atoms with van der Waals surface area (Å²) in [6.45, 7) is 1.45. The number of rotatable bonds is 6. The number of ether oxygens (including phenoxy) is 2. The Morgan fingerprint density at radius 2 is 1.52 bits per heavy atom. The molecule has 0 saturated carbocycles. The molecule has 0 aliphatic carbocycles. The zero-order chi connectivity index (χ0) is 18.2. The van der Waals surface area contributed by atoms with E-state index in [1.54, 1.807) is 43.5 Å². The molecule has 25 heavy (non-hydrogen) atoms. The summed E-state index contributed by atoms with van der Waals surface area (Å²) < 4.78 is 10.4. The van der Waals surface area contributed by atoms with Gasteiger partial charge in [0, 0.05) is 30.4 Å². The van der Waals surface area contributed by atoms with Gasteiger partial charge in [-0.25, -0.2) is 0 Å². The second-order valence-corrected chi connectivity index (χ2v) is 5.20. The van der Waals surface area contributed by atoms with Gasteiger partial charge in [-0.3, -0.25) is 9.59 Å². The van der Waals surface area contributed by atoms with Crippen molar-refractivity contribution < 1.29 is 19.1 Å². The van der Waals surface area contributed by atoms with E-state index in [4.69, 9.17) is 9.47 Å². The normalized spacial score (nSPS) is 10.4. The minimum absolute atomic E-state index is 0.127. The number of anilines is 2. The Morgan fingerprint density at radius 1 is 0.880 bits per heavy atom. The van der Waals surface area contributed by atoms with Crippen LogP contribution in [0.3, 0.4) is 0 Å². The summed E-state index contributed by atoms with van der Waals surface area (Å²) in [7, 11) is 3.09. The van der Waals surface area contributed by atoms with Crippen molar-refractivity contribution in [3.63, 3.8) is 0 Å². The number of carbonyl (C=O) groups is 2. The summed E-state index contributed by atoms with van der Waals surface area (Å²) >= 11 is 0. The van der Waals surface area contributed by atoms with E-state index in [9.17, 15) is 9.59 Å². The van der Waals surface area contributed by atoms with Gasteiger partial charge in [0.2, 0.25) is 11.8 Å². The molecule has 0 aliphatic rings. The van der Waals surface area contributed by atoms with Gasteiger partial charge in [0.1, 0.15) is 0 Å². The zero-order valence-corrected chi connectivity index (χ0v) is 14.3. The second-order valence-electron chi connectivity index (χ2n) is 5.20. The number of nitrogens with one attached hydrogen (secondary N) is 2. The first kappa shape index (κ1) is 18.1. The minimum Gasteiger partial charge on any atom is -0.493 e. The van der Waals surface area contributed by atoms with Crippen LogP contribution in [-0.4, -0.2) is 26.0 Å². The fourth-order valence-corrected chi connectivity index (χ4v) is 2.15. The molecule has 0 heterocycles. The molecule has 0 saturated heterocycles. The van der Waals surface area contributed by atoms with Gasteiger partial charge in [-0.05, 0) is 35.9 Å². The minimum atomic E-state index is -0.266. The Hall–Kier alpha value is -3.28. The second kappa shape index (κ2) is 8.54. The number of hydrogen-bond acceptors (Lipinski definition) is 4. The van der Waals surface area contributed by atoms with Gasteiger partial charge in [0.15, 0.2) is 11.5 Å². The fraction of sp³-hybridized carbons (Fsp3) is 0.158. The Morgan fingerprint density at radius 3 is 2.12 bits per heavy atom. The Labute approximate surface area is 146 Å². The maximum absolute atomic E-state index is 12.0. The van der Waals surface area contributed by atoms with Crippen LogP contribution in [0.1, 0.15) is 12.5 Å². The highest BCUT2D eigenvalue weighted by Gasteiger charge is 2.05. The molecule has 6 nitrogen and oxygen atoms in total. The summed E-state index contributed by atoms with van der Waals surface area (Å²) in [4.78, 5) is 23.0. The van der Waals surface area contributed by atoms with E-state index >= 15 is 0 Å². The van der Waals surface area contributed by atoms with Crippen LogP contribution in [-0.2, 0) is 9.59 Å². The molecule has 130 valence electrons. The topological polar surface area (TPSA) is 76.7 Å². The summed E-state index contributed by atoms with van der Waals surface area (Å²) in [5.74, 6) is 0.740. The number of amides is 2. The third-order valence-corrected chi connectivity index (χ3v) is 3.31. The number of benzene rings is 2. The average Bonchev–Trinajstić information content (AvgIpc) is 2.60. The van der Waals surface area contributed by atoms with Crippen molar-refractivity contribution in [3.05, 3.63) is 54.1 Å². The molecular weight excluding hydrogens is 320 g/mol. The van der Waals surface area contributed by atoms with Gasteiger partial charge in [0.05, 0.1) is 14.2 Å². The third-order valence-electron chi connectivity index (χ3n) is 3.31. The summed E-state index contributed by atoms with van der Waals surface area (Å²) in [6, 6.07) is 12.3. The van der Waals surface area contributed by atoms with Crippen molar-refractivity contribution in [2.24, 2.45) is 0 Å². The number of carbonyl (C=O) groups excluding carboxylic acids is 2. The van der Waals surface area contributed by atoms with Crippen LogP contribution in [0.5, 0.6) is 11.5 Å². The maximum atomic E-state index is 12.0. The van der Waals surface area contributed by atoms with Crippen LogP contribution in [0, 0.1) is 0 Å². The van der Waals surface area contributed by atoms with Gasteiger partial charge < -0.3 is 20.1 Å². The van der Waals surface area contributed by atoms with E-state index in [-0.39, 0.29) is 11.8 Å². The molecule has 2 amide bonds. The smallest absolute Gasteiger partial charge is 0.248 e. The van der Waals surface area contributed by atoms with E-state index in [1.165, 1.54) is 20.1 Å². The first-order chi connectivity index (χ1) is 12.0. The zero-order valence-electron chi connectivity index (χ0n) is 14.3. The standard InChI is InChI=1S/C19H20N2O4/c1-13(22)20-15-7-4-14(5-8-15)6-11-19(23)21-16-9-10-17(24-2)18(12-16)25-3/h4-12H,1-3H3,(H,20,22)(H,21,23)/b11-6+. The van der Waals surface area contributed by atoms with Crippen LogP contribution >= 0.6 is 0 Å². The highest BCUT2D eigenvalue weighted by molar-refractivity contribution is 6.02. The molecular formula is C19H20N2O4. The lowest BCUT2D eigenvalue weighted by molar-refractivity contribution is -0.114. The molecule has 2 N–H and O–H groups in total. The molecule has 0 radical (unpaired) electrons. The average molecular weight is 340 g/mol. The maximum Gasteiger partial charge on any atom is 0.248 e. The van der Waals surface area contributed by atoms with E-state index in [1.807, 2.05) is 12.1 Å². The van der Waals surface area contributed by atoms with Crippen LogP contribution in [0.15, 0.2) is 48.5 Å². The van der Waals surface area contributed by atoms with Gasteiger partial charge in [-0.15, -0.1) is 0 Å². The van der Waals surface area contributed by atoms with Gasteiger partial charge in [0.25, 0.3) is 0 Å². The number of methoxy groups -OCH3 is 2. The van der Waals surface area contributed by atoms with Crippen LogP contribution in [0.4, 0.5) is 11.4 Å². The largest absolute Gasteiger partial charge is 0.493 e. The fourth-order valence-electron chi connectivity index (χ4n) is 2.15. The SMILES string of the molecule is COc1ccc(NC(=O)/C=C/c2ccc(NC(C)=O)cc2)cc1OC. The first-order valence-electron chi connectivity index (χ1n) is 7.60.